The van der Waals surface area contributed by atoms with Gasteiger partial charge in [-0.1, -0.05) is 12.1 Å². The zero-order valence-corrected chi connectivity index (χ0v) is 10.7. The van der Waals surface area contributed by atoms with Crippen molar-refractivity contribution in [2.75, 3.05) is 17.7 Å². The Hall–Kier alpha value is -2.56. The fraction of sp³-hybridized carbons (Fsp3) is 0.143. The van der Waals surface area contributed by atoms with E-state index in [2.05, 4.69) is 4.98 Å². The number of aromatic nitrogens is 1. The van der Waals surface area contributed by atoms with Gasteiger partial charge >= 0.3 is 0 Å². The molecule has 1 heterocycles. The molecule has 0 fully saturated rings. The molecular weight excluding hydrogens is 240 g/mol. The fourth-order valence-corrected chi connectivity index (χ4v) is 1.93. The standard InChI is InChI=1S/C14H16N4O/c1-18(9-10-4-2-5-11(15)8-10)14-12(13(16)19)6-3-7-17-14/h2-8H,9,15H2,1H3,(H2,16,19). The number of carbonyl (C=O) groups is 1. The summed E-state index contributed by atoms with van der Waals surface area (Å²) in [7, 11) is 1.86. The van der Waals surface area contributed by atoms with E-state index in [1.54, 1.807) is 18.3 Å². The molecule has 98 valence electrons. The molecule has 0 radical (unpaired) electrons. The average Bonchev–Trinajstić information content (AvgIpc) is 2.38. The molecular formula is C14H16N4O. The quantitative estimate of drug-likeness (QED) is 0.810. The molecule has 2 rings (SSSR count). The highest BCUT2D eigenvalue weighted by Gasteiger charge is 2.13. The molecule has 1 amide bonds. The van der Waals surface area contributed by atoms with E-state index in [0.717, 1.165) is 5.56 Å². The summed E-state index contributed by atoms with van der Waals surface area (Å²) in [5, 5.41) is 0. The van der Waals surface area contributed by atoms with Gasteiger partial charge in [-0.2, -0.15) is 0 Å². The molecule has 0 aliphatic rings. The second-order valence-electron chi connectivity index (χ2n) is 4.34. The van der Waals surface area contributed by atoms with Crippen molar-refractivity contribution in [3.8, 4) is 0 Å². The van der Waals surface area contributed by atoms with Crippen LogP contribution in [-0.4, -0.2) is 17.9 Å². The summed E-state index contributed by atoms with van der Waals surface area (Å²) in [5.41, 5.74) is 13.3. The predicted octanol–water partition coefficient (Wildman–Crippen LogP) is 1.40. The first-order valence-corrected chi connectivity index (χ1v) is 5.88. The van der Waals surface area contributed by atoms with Crippen LogP contribution in [0.5, 0.6) is 0 Å². The average molecular weight is 256 g/mol. The third kappa shape index (κ3) is 3.01. The summed E-state index contributed by atoms with van der Waals surface area (Å²) in [6.07, 6.45) is 1.64. The summed E-state index contributed by atoms with van der Waals surface area (Å²) in [5.74, 6) is 0.0833. The van der Waals surface area contributed by atoms with Crippen LogP contribution < -0.4 is 16.4 Å². The maximum absolute atomic E-state index is 11.4. The summed E-state index contributed by atoms with van der Waals surface area (Å²) in [4.78, 5) is 17.5. The molecule has 0 saturated heterocycles. The van der Waals surface area contributed by atoms with Crippen LogP contribution in [0, 0.1) is 0 Å². The van der Waals surface area contributed by atoms with E-state index < -0.39 is 5.91 Å². The molecule has 19 heavy (non-hydrogen) atoms. The first-order chi connectivity index (χ1) is 9.08. The van der Waals surface area contributed by atoms with Crippen molar-refractivity contribution in [1.82, 2.24) is 4.98 Å². The van der Waals surface area contributed by atoms with Gasteiger partial charge in [0.2, 0.25) is 0 Å². The Balaban J connectivity index is 2.25. The molecule has 5 nitrogen and oxygen atoms in total. The number of anilines is 2. The van der Waals surface area contributed by atoms with Gasteiger partial charge in [0.05, 0.1) is 5.56 Å². The van der Waals surface area contributed by atoms with Gasteiger partial charge in [-0.05, 0) is 29.8 Å². The van der Waals surface area contributed by atoms with Crippen LogP contribution in [0.3, 0.4) is 0 Å². The summed E-state index contributed by atoms with van der Waals surface area (Å²) in [6.45, 7) is 0.600. The molecule has 0 aliphatic heterocycles. The SMILES string of the molecule is CN(Cc1cccc(N)c1)c1ncccc1C(N)=O. The number of hydrogen-bond acceptors (Lipinski definition) is 4. The molecule has 0 saturated carbocycles. The van der Waals surface area contributed by atoms with Crippen LogP contribution in [0.15, 0.2) is 42.6 Å². The van der Waals surface area contributed by atoms with E-state index in [-0.39, 0.29) is 0 Å². The number of nitrogen functional groups attached to an aromatic ring is 1. The summed E-state index contributed by atoms with van der Waals surface area (Å²) < 4.78 is 0. The molecule has 1 aromatic carbocycles. The van der Waals surface area contributed by atoms with Crippen LogP contribution in [-0.2, 0) is 6.54 Å². The van der Waals surface area contributed by atoms with Gasteiger partial charge in [0.1, 0.15) is 5.82 Å². The van der Waals surface area contributed by atoms with Gasteiger partial charge in [-0.15, -0.1) is 0 Å². The third-order valence-corrected chi connectivity index (χ3v) is 2.78. The monoisotopic (exact) mass is 256 g/mol. The van der Waals surface area contributed by atoms with Gasteiger partial charge in [-0.25, -0.2) is 4.98 Å². The van der Waals surface area contributed by atoms with Crippen LogP contribution in [0.2, 0.25) is 0 Å². The lowest BCUT2D eigenvalue weighted by Crippen LogP contribution is -2.23. The minimum absolute atomic E-state index is 0.411. The minimum Gasteiger partial charge on any atom is -0.399 e. The highest BCUT2D eigenvalue weighted by Crippen LogP contribution is 2.18. The molecule has 0 spiro atoms. The fourth-order valence-electron chi connectivity index (χ4n) is 1.93. The van der Waals surface area contributed by atoms with Gasteiger partial charge in [0, 0.05) is 25.5 Å². The molecule has 1 aromatic heterocycles. The Labute approximate surface area is 111 Å². The largest absolute Gasteiger partial charge is 0.399 e. The summed E-state index contributed by atoms with van der Waals surface area (Å²) >= 11 is 0. The van der Waals surface area contributed by atoms with Crippen LogP contribution in [0.25, 0.3) is 0 Å². The topological polar surface area (TPSA) is 85.2 Å². The maximum atomic E-state index is 11.4. The van der Waals surface area contributed by atoms with Crippen LogP contribution in [0.4, 0.5) is 11.5 Å². The maximum Gasteiger partial charge on any atom is 0.252 e. The van der Waals surface area contributed by atoms with Crippen molar-refractivity contribution in [3.63, 3.8) is 0 Å². The molecule has 2 aromatic rings. The molecule has 0 atom stereocenters. The first kappa shape index (κ1) is 12.9. The van der Waals surface area contributed by atoms with Crippen molar-refractivity contribution in [2.24, 2.45) is 5.73 Å². The van der Waals surface area contributed by atoms with E-state index in [1.165, 1.54) is 0 Å². The number of rotatable bonds is 4. The lowest BCUT2D eigenvalue weighted by atomic mass is 10.1. The highest BCUT2D eigenvalue weighted by molar-refractivity contribution is 5.97. The Kier molecular flexibility index (Phi) is 3.66. The Morgan fingerprint density at radius 3 is 2.79 bits per heavy atom. The Morgan fingerprint density at radius 1 is 1.32 bits per heavy atom. The number of pyridine rings is 1. The molecule has 0 unspecified atom stereocenters. The van der Waals surface area contributed by atoms with Gasteiger partial charge in [0.25, 0.3) is 5.91 Å². The van der Waals surface area contributed by atoms with Crippen molar-refractivity contribution < 1.29 is 4.79 Å². The van der Waals surface area contributed by atoms with E-state index in [0.29, 0.717) is 23.6 Å². The van der Waals surface area contributed by atoms with Crippen LogP contribution in [0.1, 0.15) is 15.9 Å². The van der Waals surface area contributed by atoms with Crippen molar-refractivity contribution in [1.29, 1.82) is 0 Å². The summed E-state index contributed by atoms with van der Waals surface area (Å²) in [6, 6.07) is 11.0. The third-order valence-electron chi connectivity index (χ3n) is 2.78. The molecule has 5 heteroatoms. The van der Waals surface area contributed by atoms with Gasteiger partial charge in [-0.3, -0.25) is 4.79 Å². The minimum atomic E-state index is -0.484. The second-order valence-corrected chi connectivity index (χ2v) is 4.34. The number of carbonyl (C=O) groups excluding carboxylic acids is 1. The highest BCUT2D eigenvalue weighted by atomic mass is 16.1. The Bertz CT molecular complexity index is 598. The number of nitrogens with zero attached hydrogens (tertiary/aromatic N) is 2. The molecule has 0 bridgehead atoms. The number of primary amides is 1. The molecule has 0 aliphatic carbocycles. The first-order valence-electron chi connectivity index (χ1n) is 5.88. The van der Waals surface area contributed by atoms with Crippen molar-refractivity contribution in [3.05, 3.63) is 53.7 Å². The van der Waals surface area contributed by atoms with Crippen LogP contribution >= 0.6 is 0 Å². The zero-order chi connectivity index (χ0) is 13.8. The van der Waals surface area contributed by atoms with Crippen molar-refractivity contribution >= 4 is 17.4 Å². The van der Waals surface area contributed by atoms with Crippen molar-refractivity contribution in [2.45, 2.75) is 6.54 Å². The Morgan fingerprint density at radius 2 is 2.11 bits per heavy atom. The van der Waals surface area contributed by atoms with Gasteiger partial charge in [0.15, 0.2) is 0 Å². The van der Waals surface area contributed by atoms with E-state index in [4.69, 9.17) is 11.5 Å². The van der Waals surface area contributed by atoms with E-state index in [1.807, 2.05) is 36.2 Å². The van der Waals surface area contributed by atoms with E-state index >= 15 is 0 Å². The lowest BCUT2D eigenvalue weighted by molar-refractivity contribution is 0.100. The smallest absolute Gasteiger partial charge is 0.252 e. The number of benzene rings is 1. The number of hydrogen-bond donors (Lipinski definition) is 2. The number of nitrogens with two attached hydrogens (primary N) is 2. The second kappa shape index (κ2) is 5.39. The number of amides is 1. The normalized spacial score (nSPS) is 10.2. The molecule has 4 N–H and O–H groups in total. The van der Waals surface area contributed by atoms with E-state index in [9.17, 15) is 4.79 Å². The predicted molar refractivity (Wildman–Crippen MR) is 75.7 cm³/mol. The lowest BCUT2D eigenvalue weighted by Gasteiger charge is -2.20. The zero-order valence-electron chi connectivity index (χ0n) is 10.7. The van der Waals surface area contributed by atoms with Gasteiger partial charge < -0.3 is 16.4 Å².